The van der Waals surface area contributed by atoms with Gasteiger partial charge >= 0.3 is 6.03 Å². The van der Waals surface area contributed by atoms with Crippen LogP contribution in [0.25, 0.3) is 0 Å². The molecule has 2 aliphatic heterocycles. The Labute approximate surface area is 167 Å². The van der Waals surface area contributed by atoms with Gasteiger partial charge in [0.2, 0.25) is 0 Å². The van der Waals surface area contributed by atoms with Gasteiger partial charge in [0, 0.05) is 29.9 Å². The molecular formula is C21H20N4O4. The highest BCUT2D eigenvalue weighted by molar-refractivity contribution is 6.07. The van der Waals surface area contributed by atoms with Crippen LogP contribution in [-0.2, 0) is 4.79 Å². The van der Waals surface area contributed by atoms with E-state index in [9.17, 15) is 19.2 Å². The van der Waals surface area contributed by atoms with E-state index in [0.717, 1.165) is 0 Å². The highest BCUT2D eigenvalue weighted by Gasteiger charge is 2.48. The van der Waals surface area contributed by atoms with Gasteiger partial charge in [0.15, 0.2) is 0 Å². The Hall–Kier alpha value is -3.68. The first-order valence-corrected chi connectivity index (χ1v) is 9.36. The lowest BCUT2D eigenvalue weighted by atomic mass is 9.87. The number of anilines is 1. The molecule has 2 aliphatic rings. The molecule has 4 rings (SSSR count). The third-order valence-electron chi connectivity index (χ3n) is 5.34. The summed E-state index contributed by atoms with van der Waals surface area (Å²) in [6, 6.07) is 15.1. The number of carbonyl (C=O) groups is 4. The zero-order valence-electron chi connectivity index (χ0n) is 15.6. The Kier molecular flexibility index (Phi) is 4.75. The maximum Gasteiger partial charge on any atom is 0.322 e. The first-order valence-electron chi connectivity index (χ1n) is 9.36. The Bertz CT molecular complexity index is 964. The average Bonchev–Trinajstić information content (AvgIpc) is 3.01. The molecule has 0 aromatic heterocycles. The molecule has 0 atom stereocenters. The minimum atomic E-state index is -0.903. The van der Waals surface area contributed by atoms with Crippen molar-refractivity contribution >= 4 is 29.4 Å². The molecule has 29 heavy (non-hydrogen) atoms. The summed E-state index contributed by atoms with van der Waals surface area (Å²) in [5.74, 6) is -0.693. The first kappa shape index (κ1) is 18.7. The fourth-order valence-electron chi connectivity index (χ4n) is 3.64. The third kappa shape index (κ3) is 3.69. The number of rotatable bonds is 3. The number of carbonyl (C=O) groups excluding carboxylic acids is 4. The van der Waals surface area contributed by atoms with Crippen LogP contribution in [0.2, 0.25) is 0 Å². The summed E-state index contributed by atoms with van der Waals surface area (Å²) < 4.78 is 0. The van der Waals surface area contributed by atoms with Crippen molar-refractivity contribution in [2.75, 3.05) is 18.4 Å². The van der Waals surface area contributed by atoms with Crippen molar-refractivity contribution < 1.29 is 19.2 Å². The topological polar surface area (TPSA) is 108 Å². The quantitative estimate of drug-likeness (QED) is 0.692. The summed E-state index contributed by atoms with van der Waals surface area (Å²) in [6.07, 6.45) is 0.753. The van der Waals surface area contributed by atoms with E-state index >= 15 is 0 Å². The van der Waals surface area contributed by atoms with E-state index in [1.807, 2.05) is 6.07 Å². The van der Waals surface area contributed by atoms with Gasteiger partial charge in [-0.15, -0.1) is 0 Å². The zero-order chi connectivity index (χ0) is 20.4. The molecule has 1 spiro atoms. The standard InChI is InChI=1S/C21H20N4O4/c26-17(14-4-2-1-3-5-14)22-16-8-6-15(7-9-16)18(27)25-12-10-21(11-13-25)19(28)23-20(29)24-21/h1-9H,10-13H2,(H,22,26)(H2,23,24,28,29). The second-order valence-electron chi connectivity index (χ2n) is 7.18. The molecule has 2 saturated heterocycles. The monoisotopic (exact) mass is 392 g/mol. The van der Waals surface area contributed by atoms with Crippen LogP contribution < -0.4 is 16.0 Å². The number of benzene rings is 2. The number of urea groups is 1. The van der Waals surface area contributed by atoms with Gasteiger partial charge in [-0.1, -0.05) is 18.2 Å². The van der Waals surface area contributed by atoms with Crippen LogP contribution in [0.4, 0.5) is 10.5 Å². The van der Waals surface area contributed by atoms with Crippen LogP contribution >= 0.6 is 0 Å². The van der Waals surface area contributed by atoms with Crippen molar-refractivity contribution in [2.24, 2.45) is 0 Å². The number of imide groups is 1. The summed E-state index contributed by atoms with van der Waals surface area (Å²) in [5.41, 5.74) is 0.745. The fourth-order valence-corrected chi connectivity index (χ4v) is 3.64. The van der Waals surface area contributed by atoms with Crippen molar-refractivity contribution in [3.05, 3.63) is 65.7 Å². The molecule has 2 fully saturated rings. The van der Waals surface area contributed by atoms with Gasteiger partial charge in [0.05, 0.1) is 0 Å². The van der Waals surface area contributed by atoms with E-state index < -0.39 is 11.6 Å². The summed E-state index contributed by atoms with van der Waals surface area (Å²) in [6.45, 7) is 0.748. The van der Waals surface area contributed by atoms with Crippen LogP contribution in [0, 0.1) is 0 Å². The number of likely N-dealkylation sites (tertiary alicyclic amines) is 1. The Morgan fingerprint density at radius 1 is 0.897 bits per heavy atom. The molecule has 0 radical (unpaired) electrons. The Morgan fingerprint density at radius 2 is 1.55 bits per heavy atom. The SMILES string of the molecule is O=C1NC(=O)C2(CCN(C(=O)c3ccc(NC(=O)c4ccccc4)cc3)CC2)N1. The number of hydrogen-bond donors (Lipinski definition) is 3. The molecule has 148 valence electrons. The highest BCUT2D eigenvalue weighted by Crippen LogP contribution is 2.26. The van der Waals surface area contributed by atoms with Gasteiger partial charge in [-0.3, -0.25) is 19.7 Å². The molecule has 2 heterocycles. The predicted octanol–water partition coefficient (Wildman–Crippen LogP) is 1.75. The van der Waals surface area contributed by atoms with Crippen molar-refractivity contribution in [1.82, 2.24) is 15.5 Å². The van der Waals surface area contributed by atoms with Crippen molar-refractivity contribution in [3.8, 4) is 0 Å². The van der Waals surface area contributed by atoms with Crippen LogP contribution in [0.5, 0.6) is 0 Å². The van der Waals surface area contributed by atoms with E-state index in [2.05, 4.69) is 16.0 Å². The van der Waals surface area contributed by atoms with Crippen LogP contribution in [0.1, 0.15) is 33.6 Å². The number of piperidine rings is 1. The molecular weight excluding hydrogens is 372 g/mol. The maximum absolute atomic E-state index is 12.8. The highest BCUT2D eigenvalue weighted by atomic mass is 16.2. The van der Waals surface area contributed by atoms with E-state index in [1.165, 1.54) is 0 Å². The molecule has 3 N–H and O–H groups in total. The van der Waals surface area contributed by atoms with Gasteiger partial charge in [0.1, 0.15) is 5.54 Å². The molecule has 8 nitrogen and oxygen atoms in total. The number of hydrogen-bond acceptors (Lipinski definition) is 4. The minimum Gasteiger partial charge on any atom is -0.338 e. The molecule has 0 aliphatic carbocycles. The third-order valence-corrected chi connectivity index (χ3v) is 5.34. The lowest BCUT2D eigenvalue weighted by Crippen LogP contribution is -2.55. The van der Waals surface area contributed by atoms with E-state index in [1.54, 1.807) is 53.4 Å². The molecule has 5 amide bonds. The van der Waals surface area contributed by atoms with Crippen LogP contribution in [0.15, 0.2) is 54.6 Å². The molecule has 0 saturated carbocycles. The van der Waals surface area contributed by atoms with E-state index in [0.29, 0.717) is 42.7 Å². The number of amides is 5. The van der Waals surface area contributed by atoms with Gasteiger partial charge in [-0.25, -0.2) is 4.79 Å². The summed E-state index contributed by atoms with van der Waals surface area (Å²) in [4.78, 5) is 50.0. The first-order chi connectivity index (χ1) is 14.0. The van der Waals surface area contributed by atoms with Crippen molar-refractivity contribution in [1.29, 1.82) is 0 Å². The predicted molar refractivity (Wildman–Crippen MR) is 105 cm³/mol. The van der Waals surface area contributed by atoms with Crippen LogP contribution in [-0.4, -0.2) is 47.3 Å². The number of nitrogens with zero attached hydrogens (tertiary/aromatic N) is 1. The average molecular weight is 392 g/mol. The van der Waals surface area contributed by atoms with Gasteiger partial charge in [0.25, 0.3) is 17.7 Å². The minimum absolute atomic E-state index is 0.148. The Morgan fingerprint density at radius 3 is 2.14 bits per heavy atom. The molecule has 0 unspecified atom stereocenters. The zero-order valence-corrected chi connectivity index (χ0v) is 15.6. The lowest BCUT2D eigenvalue weighted by Gasteiger charge is -2.37. The fraction of sp³-hybridized carbons (Fsp3) is 0.238. The second-order valence-corrected chi connectivity index (χ2v) is 7.18. The normalized spacial score (nSPS) is 17.6. The summed E-state index contributed by atoms with van der Waals surface area (Å²) >= 11 is 0. The summed E-state index contributed by atoms with van der Waals surface area (Å²) in [5, 5.41) is 7.74. The molecule has 2 aromatic rings. The molecule has 2 aromatic carbocycles. The van der Waals surface area contributed by atoms with Crippen molar-refractivity contribution in [2.45, 2.75) is 18.4 Å². The van der Waals surface area contributed by atoms with E-state index in [-0.39, 0.29) is 17.7 Å². The summed E-state index contributed by atoms with van der Waals surface area (Å²) in [7, 11) is 0. The van der Waals surface area contributed by atoms with Gasteiger partial charge in [-0.2, -0.15) is 0 Å². The van der Waals surface area contributed by atoms with Gasteiger partial charge in [-0.05, 0) is 49.2 Å². The smallest absolute Gasteiger partial charge is 0.322 e. The molecule has 0 bridgehead atoms. The lowest BCUT2D eigenvalue weighted by molar-refractivity contribution is -0.125. The largest absolute Gasteiger partial charge is 0.338 e. The van der Waals surface area contributed by atoms with Crippen LogP contribution in [0.3, 0.4) is 0 Å². The second kappa shape index (κ2) is 7.38. The Balaban J connectivity index is 1.37. The van der Waals surface area contributed by atoms with Crippen molar-refractivity contribution in [3.63, 3.8) is 0 Å². The van der Waals surface area contributed by atoms with E-state index in [4.69, 9.17) is 0 Å². The maximum atomic E-state index is 12.8. The number of nitrogens with one attached hydrogen (secondary N) is 3. The molecule has 8 heteroatoms. The van der Waals surface area contributed by atoms with Gasteiger partial charge < -0.3 is 15.5 Å².